The molecule has 1 saturated carbocycles. The van der Waals surface area contributed by atoms with Crippen LogP contribution >= 0.6 is 12.4 Å². The smallest absolute Gasteiger partial charge is 0.236 e. The van der Waals surface area contributed by atoms with Gasteiger partial charge in [-0.2, -0.15) is 0 Å². The lowest BCUT2D eigenvalue weighted by Crippen LogP contribution is -2.43. The first-order valence-electron chi connectivity index (χ1n) is 7.38. The molecule has 5 heteroatoms. The Hall–Kier alpha value is -0.320. The van der Waals surface area contributed by atoms with Crippen molar-refractivity contribution in [3.63, 3.8) is 0 Å². The van der Waals surface area contributed by atoms with Crippen molar-refractivity contribution in [2.45, 2.75) is 44.6 Å². The quantitative estimate of drug-likeness (QED) is 0.853. The van der Waals surface area contributed by atoms with E-state index in [1.807, 2.05) is 11.9 Å². The molecule has 0 bridgehead atoms. The zero-order valence-corrected chi connectivity index (χ0v) is 12.8. The Morgan fingerprint density at radius 2 is 1.95 bits per heavy atom. The van der Waals surface area contributed by atoms with Crippen molar-refractivity contribution in [1.82, 2.24) is 9.80 Å². The van der Waals surface area contributed by atoms with Crippen molar-refractivity contribution in [3.05, 3.63) is 0 Å². The summed E-state index contributed by atoms with van der Waals surface area (Å²) in [6, 6.07) is 0.485. The van der Waals surface area contributed by atoms with Crippen molar-refractivity contribution in [2.75, 3.05) is 33.2 Å². The number of rotatable bonds is 4. The number of amides is 1. The normalized spacial score (nSPS) is 25.1. The van der Waals surface area contributed by atoms with E-state index in [1.54, 1.807) is 0 Å². The van der Waals surface area contributed by atoms with E-state index in [0.29, 0.717) is 24.4 Å². The van der Waals surface area contributed by atoms with Crippen LogP contribution in [0.4, 0.5) is 0 Å². The number of likely N-dealkylation sites (tertiary alicyclic amines) is 1. The highest BCUT2D eigenvalue weighted by Crippen LogP contribution is 2.22. The van der Waals surface area contributed by atoms with Crippen LogP contribution in [-0.4, -0.2) is 55.0 Å². The summed E-state index contributed by atoms with van der Waals surface area (Å²) in [4.78, 5) is 16.5. The molecule has 19 heavy (non-hydrogen) atoms. The summed E-state index contributed by atoms with van der Waals surface area (Å²) in [5.41, 5.74) is 5.68. The molecular formula is C14H28ClN3O. The third-order valence-electron chi connectivity index (χ3n) is 4.58. The highest BCUT2D eigenvalue weighted by atomic mass is 35.5. The lowest BCUT2D eigenvalue weighted by Gasteiger charge is -2.32. The fraction of sp³-hybridized carbons (Fsp3) is 0.929. The average Bonchev–Trinajstić information content (AvgIpc) is 2.86. The van der Waals surface area contributed by atoms with Crippen molar-refractivity contribution < 1.29 is 4.79 Å². The number of hydrogen-bond donors (Lipinski definition) is 1. The first-order chi connectivity index (χ1) is 8.70. The predicted octanol–water partition coefficient (Wildman–Crippen LogP) is 1.48. The van der Waals surface area contributed by atoms with E-state index in [0.717, 1.165) is 26.1 Å². The predicted molar refractivity (Wildman–Crippen MR) is 80.5 cm³/mol. The lowest BCUT2D eigenvalue weighted by atomic mass is 9.94. The van der Waals surface area contributed by atoms with E-state index >= 15 is 0 Å². The van der Waals surface area contributed by atoms with Gasteiger partial charge in [0.15, 0.2) is 0 Å². The molecule has 2 rings (SSSR count). The van der Waals surface area contributed by atoms with Gasteiger partial charge in [0.25, 0.3) is 0 Å². The highest BCUT2D eigenvalue weighted by molar-refractivity contribution is 5.85. The maximum absolute atomic E-state index is 12.2. The summed E-state index contributed by atoms with van der Waals surface area (Å²) in [6.07, 6.45) is 7.42. The Kier molecular flexibility index (Phi) is 7.11. The Morgan fingerprint density at radius 1 is 1.26 bits per heavy atom. The van der Waals surface area contributed by atoms with Gasteiger partial charge in [-0.3, -0.25) is 9.69 Å². The summed E-state index contributed by atoms with van der Waals surface area (Å²) in [6.45, 7) is 3.37. The van der Waals surface area contributed by atoms with Crippen molar-refractivity contribution >= 4 is 18.3 Å². The molecule has 2 N–H and O–H groups in total. The van der Waals surface area contributed by atoms with Gasteiger partial charge in [0.05, 0.1) is 6.54 Å². The molecule has 0 radical (unpaired) electrons. The zero-order chi connectivity index (χ0) is 13.0. The van der Waals surface area contributed by atoms with Crippen LogP contribution < -0.4 is 5.73 Å². The number of carbonyl (C=O) groups excluding carboxylic acids is 1. The summed E-state index contributed by atoms with van der Waals surface area (Å²) in [7, 11) is 1.98. The van der Waals surface area contributed by atoms with Crippen molar-refractivity contribution in [3.8, 4) is 0 Å². The van der Waals surface area contributed by atoms with Crippen LogP contribution in [0.5, 0.6) is 0 Å². The van der Waals surface area contributed by atoms with Gasteiger partial charge in [-0.1, -0.05) is 19.3 Å². The van der Waals surface area contributed by atoms with E-state index in [1.165, 1.54) is 32.1 Å². The Balaban J connectivity index is 0.00000180. The Labute approximate surface area is 123 Å². The Bertz CT molecular complexity index is 282. The maximum Gasteiger partial charge on any atom is 0.236 e. The van der Waals surface area contributed by atoms with Crippen molar-refractivity contribution in [2.24, 2.45) is 11.7 Å². The molecule has 1 atom stereocenters. The summed E-state index contributed by atoms with van der Waals surface area (Å²) in [5.74, 6) is 0.886. The van der Waals surface area contributed by atoms with E-state index in [-0.39, 0.29) is 12.4 Å². The molecular weight excluding hydrogens is 262 g/mol. The van der Waals surface area contributed by atoms with Crippen LogP contribution in [0.3, 0.4) is 0 Å². The monoisotopic (exact) mass is 289 g/mol. The first kappa shape index (κ1) is 16.7. The highest BCUT2D eigenvalue weighted by Gasteiger charge is 2.26. The molecule has 4 nitrogen and oxygen atoms in total. The molecule has 1 aliphatic heterocycles. The maximum atomic E-state index is 12.2. The van der Waals surface area contributed by atoms with Crippen LogP contribution in [0.25, 0.3) is 0 Å². The third-order valence-corrected chi connectivity index (χ3v) is 4.58. The number of nitrogens with zero attached hydrogens (tertiary/aromatic N) is 2. The number of carbonyl (C=O) groups is 1. The van der Waals surface area contributed by atoms with E-state index in [2.05, 4.69) is 4.90 Å². The van der Waals surface area contributed by atoms with Crippen LogP contribution in [0, 0.1) is 5.92 Å². The first-order valence-corrected chi connectivity index (χ1v) is 7.38. The molecule has 0 aromatic carbocycles. The number of hydrogen-bond acceptors (Lipinski definition) is 3. The SMILES string of the molecule is CN(C(=O)CN1CCC(CN)C1)C1CCCCC1.Cl. The molecule has 2 aliphatic rings. The van der Waals surface area contributed by atoms with Gasteiger partial charge in [0.2, 0.25) is 5.91 Å². The van der Waals surface area contributed by atoms with Gasteiger partial charge in [-0.15, -0.1) is 12.4 Å². The molecule has 1 saturated heterocycles. The third kappa shape index (κ3) is 4.62. The van der Waals surface area contributed by atoms with Gasteiger partial charge in [0.1, 0.15) is 0 Å². The molecule has 1 aliphatic carbocycles. The second-order valence-corrected chi connectivity index (χ2v) is 5.92. The Morgan fingerprint density at radius 3 is 2.53 bits per heavy atom. The molecule has 0 aromatic heterocycles. The summed E-state index contributed by atoms with van der Waals surface area (Å²) >= 11 is 0. The van der Waals surface area contributed by atoms with Crippen LogP contribution in [-0.2, 0) is 4.79 Å². The zero-order valence-electron chi connectivity index (χ0n) is 12.0. The lowest BCUT2D eigenvalue weighted by molar-refractivity contribution is -0.133. The molecule has 1 amide bonds. The fourth-order valence-corrected chi connectivity index (χ4v) is 3.22. The number of likely N-dealkylation sites (N-methyl/N-ethyl adjacent to an activating group) is 1. The molecule has 1 heterocycles. The standard InChI is InChI=1S/C14H27N3O.ClH/c1-16(13-5-3-2-4-6-13)14(18)11-17-8-7-12(9-15)10-17;/h12-13H,2-11,15H2,1H3;1H. The van der Waals surface area contributed by atoms with E-state index < -0.39 is 0 Å². The van der Waals surface area contributed by atoms with Gasteiger partial charge < -0.3 is 10.6 Å². The van der Waals surface area contributed by atoms with Gasteiger partial charge in [-0.05, 0) is 38.3 Å². The largest absolute Gasteiger partial charge is 0.342 e. The minimum absolute atomic E-state index is 0. The second-order valence-electron chi connectivity index (χ2n) is 5.92. The van der Waals surface area contributed by atoms with Crippen LogP contribution in [0.2, 0.25) is 0 Å². The van der Waals surface area contributed by atoms with Crippen LogP contribution in [0.15, 0.2) is 0 Å². The summed E-state index contributed by atoms with van der Waals surface area (Å²) < 4.78 is 0. The topological polar surface area (TPSA) is 49.6 Å². The minimum atomic E-state index is 0. The fourth-order valence-electron chi connectivity index (χ4n) is 3.22. The van der Waals surface area contributed by atoms with Gasteiger partial charge in [0, 0.05) is 19.6 Å². The summed E-state index contributed by atoms with van der Waals surface area (Å²) in [5, 5.41) is 0. The molecule has 2 fully saturated rings. The number of nitrogens with two attached hydrogens (primary N) is 1. The van der Waals surface area contributed by atoms with E-state index in [4.69, 9.17) is 5.73 Å². The average molecular weight is 290 g/mol. The van der Waals surface area contributed by atoms with Crippen molar-refractivity contribution in [1.29, 1.82) is 0 Å². The molecule has 0 spiro atoms. The second kappa shape index (κ2) is 8.08. The molecule has 112 valence electrons. The number of halogens is 1. The van der Waals surface area contributed by atoms with Gasteiger partial charge in [-0.25, -0.2) is 0 Å². The van der Waals surface area contributed by atoms with E-state index in [9.17, 15) is 4.79 Å². The van der Waals surface area contributed by atoms with Crippen LogP contribution in [0.1, 0.15) is 38.5 Å². The van der Waals surface area contributed by atoms with Gasteiger partial charge >= 0.3 is 0 Å². The molecule has 0 aromatic rings. The molecule has 1 unspecified atom stereocenters. The minimum Gasteiger partial charge on any atom is -0.342 e.